The van der Waals surface area contributed by atoms with E-state index in [9.17, 15) is 9.90 Å². The van der Waals surface area contributed by atoms with Gasteiger partial charge in [-0.15, -0.1) is 0 Å². The largest absolute Gasteiger partial charge is 0.469 e. The highest BCUT2D eigenvalue weighted by molar-refractivity contribution is 5.69. The predicted octanol–water partition coefficient (Wildman–Crippen LogP) is 6.48. The molecule has 2 aliphatic heterocycles. The van der Waals surface area contributed by atoms with Gasteiger partial charge in [-0.3, -0.25) is 4.79 Å². The molecule has 0 radical (unpaired) electrons. The average molecular weight is 551 g/mol. The molecule has 0 bridgehead atoms. The van der Waals surface area contributed by atoms with Crippen molar-refractivity contribution >= 4 is 5.97 Å². The van der Waals surface area contributed by atoms with E-state index in [1.54, 1.807) is 0 Å². The lowest BCUT2D eigenvalue weighted by atomic mass is 9.88. The van der Waals surface area contributed by atoms with Crippen molar-refractivity contribution in [1.29, 1.82) is 0 Å². The number of ether oxygens (including phenoxy) is 5. The maximum Gasteiger partial charge on any atom is 0.305 e. The van der Waals surface area contributed by atoms with E-state index in [-0.39, 0.29) is 42.6 Å². The van der Waals surface area contributed by atoms with Gasteiger partial charge in [-0.25, -0.2) is 0 Å². The van der Waals surface area contributed by atoms with Crippen molar-refractivity contribution in [2.75, 3.05) is 20.3 Å². The number of methoxy groups -OCH3 is 1. The fourth-order valence-electron chi connectivity index (χ4n) is 5.97. The van der Waals surface area contributed by atoms with Gasteiger partial charge in [0, 0.05) is 32.0 Å². The Labute approximate surface area is 236 Å². The van der Waals surface area contributed by atoms with Gasteiger partial charge in [0.25, 0.3) is 0 Å². The van der Waals surface area contributed by atoms with E-state index in [0.29, 0.717) is 18.8 Å². The van der Waals surface area contributed by atoms with E-state index in [2.05, 4.69) is 38.2 Å². The zero-order chi connectivity index (χ0) is 27.9. The molecule has 0 amide bonds. The Kier molecular flexibility index (Phi) is 15.1. The van der Waals surface area contributed by atoms with Gasteiger partial charge >= 0.3 is 5.97 Å². The van der Waals surface area contributed by atoms with Crippen LogP contribution in [0.2, 0.25) is 0 Å². The molecule has 3 fully saturated rings. The zero-order valence-corrected chi connectivity index (χ0v) is 24.6. The lowest BCUT2D eigenvalue weighted by Gasteiger charge is -2.31. The molecule has 224 valence electrons. The summed E-state index contributed by atoms with van der Waals surface area (Å²) in [5, 5.41) is 11.1. The van der Waals surface area contributed by atoms with Gasteiger partial charge in [0.15, 0.2) is 12.6 Å². The second kappa shape index (κ2) is 18.2. The molecule has 3 aliphatic rings. The summed E-state index contributed by atoms with van der Waals surface area (Å²) in [6, 6.07) is 0. The van der Waals surface area contributed by atoms with E-state index in [1.165, 1.54) is 20.0 Å². The number of carbonyl (C=O) groups is 1. The number of esters is 1. The van der Waals surface area contributed by atoms with E-state index in [0.717, 1.165) is 77.4 Å². The third kappa shape index (κ3) is 11.3. The first kappa shape index (κ1) is 32.3. The normalized spacial score (nSPS) is 31.6. The van der Waals surface area contributed by atoms with Gasteiger partial charge in [-0.2, -0.15) is 0 Å². The fourth-order valence-corrected chi connectivity index (χ4v) is 5.97. The molecule has 0 aromatic rings. The molecule has 0 spiro atoms. The highest BCUT2D eigenvalue weighted by Crippen LogP contribution is 2.40. The minimum atomic E-state index is -0.438. The second-order valence-corrected chi connectivity index (χ2v) is 11.6. The molecule has 0 aromatic carbocycles. The lowest BCUT2D eigenvalue weighted by Crippen LogP contribution is -2.32. The van der Waals surface area contributed by atoms with Gasteiger partial charge in [0.05, 0.1) is 25.4 Å². The van der Waals surface area contributed by atoms with E-state index >= 15 is 0 Å². The van der Waals surface area contributed by atoms with E-state index in [4.69, 9.17) is 23.7 Å². The Balaban J connectivity index is 1.69. The predicted molar refractivity (Wildman–Crippen MR) is 152 cm³/mol. The van der Waals surface area contributed by atoms with E-state index < -0.39 is 6.10 Å². The molecule has 7 nitrogen and oxygen atoms in total. The third-order valence-corrected chi connectivity index (χ3v) is 8.45. The molecule has 8 atom stereocenters. The number of unbranched alkanes of at least 4 members (excludes halogenated alkanes) is 2. The van der Waals surface area contributed by atoms with Crippen molar-refractivity contribution < 1.29 is 33.6 Å². The zero-order valence-electron chi connectivity index (χ0n) is 24.6. The van der Waals surface area contributed by atoms with Crippen LogP contribution in [0.5, 0.6) is 0 Å². The number of aliphatic hydroxyl groups is 1. The van der Waals surface area contributed by atoms with Crippen LogP contribution in [0.1, 0.15) is 104 Å². The summed E-state index contributed by atoms with van der Waals surface area (Å²) in [4.78, 5) is 11.4. The first-order valence-corrected chi connectivity index (χ1v) is 15.6. The van der Waals surface area contributed by atoms with Crippen molar-refractivity contribution in [2.24, 2.45) is 17.8 Å². The van der Waals surface area contributed by atoms with Crippen molar-refractivity contribution in [3.8, 4) is 0 Å². The number of aliphatic hydroxyl groups excluding tert-OH is 1. The highest BCUT2D eigenvalue weighted by Gasteiger charge is 2.42. The third-order valence-electron chi connectivity index (χ3n) is 8.45. The fraction of sp³-hybridized carbons (Fsp3) is 0.844. The van der Waals surface area contributed by atoms with Crippen molar-refractivity contribution in [2.45, 2.75) is 135 Å². The maximum absolute atomic E-state index is 11.4. The van der Waals surface area contributed by atoms with Gasteiger partial charge < -0.3 is 28.8 Å². The summed E-state index contributed by atoms with van der Waals surface area (Å²) in [6.07, 6.45) is 21.0. The summed E-state index contributed by atoms with van der Waals surface area (Å²) >= 11 is 0. The SMILES string of the molecule is CCCC[C@@H](C)[C@@H](/C=C/[C@@H]1[C@@H](C/C=C\CCCC(=O)OC)[C@@H](O)C[C@H]1OC1CCCCO1)OC1CCCCO1. The molecule has 3 rings (SSSR count). The number of hydrogen-bond donors (Lipinski definition) is 1. The summed E-state index contributed by atoms with van der Waals surface area (Å²) < 4.78 is 29.6. The highest BCUT2D eigenvalue weighted by atomic mass is 16.7. The average Bonchev–Trinajstić information content (AvgIpc) is 3.25. The minimum absolute atomic E-state index is 0.0292. The molecular weight excluding hydrogens is 496 g/mol. The van der Waals surface area contributed by atoms with Crippen LogP contribution in [-0.2, 0) is 28.5 Å². The lowest BCUT2D eigenvalue weighted by molar-refractivity contribution is -0.193. The molecule has 0 aromatic heterocycles. The Morgan fingerprint density at radius 1 is 1.05 bits per heavy atom. The summed E-state index contributed by atoms with van der Waals surface area (Å²) in [5.74, 6) is 0.340. The van der Waals surface area contributed by atoms with Crippen LogP contribution in [0.15, 0.2) is 24.3 Å². The molecule has 2 heterocycles. The molecule has 1 aliphatic carbocycles. The molecule has 7 heteroatoms. The standard InChI is InChI=1S/C32H54O7/c1-4-5-14-24(2)28(38-31-17-10-12-21-36-31)20-19-26-25(15-8-6-7-9-16-30(34)35-3)27(33)23-29(26)39-32-18-11-13-22-37-32/h6,8,19-20,24-29,31-33H,4-5,7,9-18,21-23H2,1-3H3/b8-6-,20-19+/t24-,25-,26-,27+,28-,29-,31?,32?/m1/s1. The minimum Gasteiger partial charge on any atom is -0.469 e. The van der Waals surface area contributed by atoms with Gasteiger partial charge in [0.2, 0.25) is 0 Å². The number of allylic oxidation sites excluding steroid dienone is 2. The smallest absolute Gasteiger partial charge is 0.305 e. The van der Waals surface area contributed by atoms with Crippen LogP contribution < -0.4 is 0 Å². The van der Waals surface area contributed by atoms with Crippen molar-refractivity contribution in [1.82, 2.24) is 0 Å². The van der Waals surface area contributed by atoms with Gasteiger partial charge in [-0.05, 0) is 76.0 Å². The first-order chi connectivity index (χ1) is 19.0. The summed E-state index contributed by atoms with van der Waals surface area (Å²) in [7, 11) is 1.42. The van der Waals surface area contributed by atoms with Gasteiger partial charge in [-0.1, -0.05) is 51.0 Å². The van der Waals surface area contributed by atoms with Crippen LogP contribution in [0.3, 0.4) is 0 Å². The molecule has 2 saturated heterocycles. The Morgan fingerprint density at radius 2 is 1.79 bits per heavy atom. The van der Waals surface area contributed by atoms with Crippen molar-refractivity contribution in [3.63, 3.8) is 0 Å². The second-order valence-electron chi connectivity index (χ2n) is 11.6. The quantitative estimate of drug-likeness (QED) is 0.134. The first-order valence-electron chi connectivity index (χ1n) is 15.6. The Morgan fingerprint density at radius 3 is 2.46 bits per heavy atom. The molecule has 1 saturated carbocycles. The van der Waals surface area contributed by atoms with Crippen molar-refractivity contribution in [3.05, 3.63) is 24.3 Å². The molecule has 2 unspecified atom stereocenters. The van der Waals surface area contributed by atoms with E-state index in [1.807, 2.05) is 0 Å². The summed E-state index contributed by atoms with van der Waals surface area (Å²) in [6.45, 7) is 6.01. The number of rotatable bonds is 16. The van der Waals surface area contributed by atoms with Crippen LogP contribution >= 0.6 is 0 Å². The summed E-state index contributed by atoms with van der Waals surface area (Å²) in [5.41, 5.74) is 0. The number of hydrogen-bond acceptors (Lipinski definition) is 7. The van der Waals surface area contributed by atoms with Crippen LogP contribution in [0, 0.1) is 17.8 Å². The number of carbonyl (C=O) groups excluding carboxylic acids is 1. The van der Waals surface area contributed by atoms with Crippen LogP contribution in [-0.4, -0.2) is 62.3 Å². The maximum atomic E-state index is 11.4. The van der Waals surface area contributed by atoms with Crippen LogP contribution in [0.25, 0.3) is 0 Å². The Hall–Kier alpha value is -1.25. The van der Waals surface area contributed by atoms with Gasteiger partial charge in [0.1, 0.15) is 0 Å². The molecule has 39 heavy (non-hydrogen) atoms. The van der Waals surface area contributed by atoms with Crippen LogP contribution in [0.4, 0.5) is 0 Å². The molecular formula is C32H54O7. The topological polar surface area (TPSA) is 83.5 Å². The monoisotopic (exact) mass is 550 g/mol. The Bertz CT molecular complexity index is 726. The molecule has 1 N–H and O–H groups in total.